The summed E-state index contributed by atoms with van der Waals surface area (Å²) < 4.78 is 36.1. The van der Waals surface area contributed by atoms with E-state index in [2.05, 4.69) is 97.0 Å². The molecule has 0 aromatic heterocycles. The summed E-state index contributed by atoms with van der Waals surface area (Å²) in [7, 11) is 0. The van der Waals surface area contributed by atoms with Crippen LogP contribution in [0, 0.1) is 41.5 Å². The van der Waals surface area contributed by atoms with Crippen molar-refractivity contribution in [2.24, 2.45) is 0 Å². The smallest absolute Gasteiger partial charge is 0.105 e. The van der Waals surface area contributed by atoms with Gasteiger partial charge in [0.15, 0.2) is 0 Å². The van der Waals surface area contributed by atoms with E-state index >= 15 is 0 Å². The minimum absolute atomic E-state index is 0.0721. The molecule has 0 fully saturated rings. The molecule has 2 atom stereocenters. The first kappa shape index (κ1) is 41.3. The van der Waals surface area contributed by atoms with Gasteiger partial charge in [-0.1, -0.05) is 48.6 Å². The highest BCUT2D eigenvalue weighted by atomic mass is 16.6. The molecule has 0 N–H and O–H groups in total. The van der Waals surface area contributed by atoms with Crippen molar-refractivity contribution < 1.29 is 28.4 Å². The van der Waals surface area contributed by atoms with Gasteiger partial charge in [-0.25, -0.2) is 0 Å². The first-order valence-electron chi connectivity index (χ1n) is 17.0. The predicted molar refractivity (Wildman–Crippen MR) is 198 cm³/mol. The van der Waals surface area contributed by atoms with Crippen molar-refractivity contribution in [3.63, 3.8) is 0 Å². The molecule has 0 amide bonds. The van der Waals surface area contributed by atoms with Crippen LogP contribution in [0.5, 0.6) is 0 Å². The Labute approximate surface area is 291 Å². The molecule has 2 unspecified atom stereocenters. The number of aryl methyl sites for hydroxylation is 4. The van der Waals surface area contributed by atoms with Gasteiger partial charge in [0.1, 0.15) is 12.2 Å². The van der Waals surface area contributed by atoms with Gasteiger partial charge in [-0.2, -0.15) is 0 Å². The summed E-state index contributed by atoms with van der Waals surface area (Å²) in [5.41, 5.74) is 10.3. The first-order valence-corrected chi connectivity index (χ1v) is 17.0. The average Bonchev–Trinajstić information content (AvgIpc) is 3.05. The highest BCUT2D eigenvalue weighted by Crippen LogP contribution is 2.22. The van der Waals surface area contributed by atoms with Crippen LogP contribution in [0.25, 0.3) is 0 Å². The fraction of sp³-hybridized carbons (Fsp3) is 0.512. The Balaban J connectivity index is 2.39. The lowest BCUT2D eigenvalue weighted by Crippen LogP contribution is -2.43. The van der Waals surface area contributed by atoms with Gasteiger partial charge in [0.05, 0.1) is 72.1 Å². The predicted octanol–water partition coefficient (Wildman–Crippen LogP) is 7.49. The third kappa shape index (κ3) is 15.1. The van der Waals surface area contributed by atoms with Crippen LogP contribution in [0.4, 0.5) is 0 Å². The summed E-state index contributed by atoms with van der Waals surface area (Å²) in [6.07, 6.45) is 6.46. The number of hydrogen-bond acceptors (Lipinski definition) is 7. The Morgan fingerprint density at radius 2 is 0.833 bits per heavy atom. The molecule has 7 heteroatoms. The van der Waals surface area contributed by atoms with Crippen LogP contribution in [0.2, 0.25) is 0 Å². The van der Waals surface area contributed by atoms with E-state index in [1.807, 2.05) is 0 Å². The van der Waals surface area contributed by atoms with Crippen molar-refractivity contribution in [1.82, 2.24) is 4.90 Å². The minimum atomic E-state index is -0.235. The molecule has 0 aliphatic rings. The maximum absolute atomic E-state index is 6.41. The lowest BCUT2D eigenvalue weighted by Gasteiger charge is -2.33. The van der Waals surface area contributed by atoms with Crippen molar-refractivity contribution in [1.29, 1.82) is 0 Å². The largest absolute Gasteiger partial charge is 0.377 e. The number of benzene rings is 2. The molecular weight excluding hydrogens is 602 g/mol. The van der Waals surface area contributed by atoms with Crippen molar-refractivity contribution in [2.45, 2.75) is 72.9 Å². The van der Waals surface area contributed by atoms with E-state index in [4.69, 9.17) is 28.4 Å². The summed E-state index contributed by atoms with van der Waals surface area (Å²) in [6.45, 7) is 33.8. The summed E-state index contributed by atoms with van der Waals surface area (Å²) in [6, 6.07) is 9.12. The molecule has 0 radical (unpaired) electrons. The third-order valence-electron chi connectivity index (χ3n) is 8.47. The number of nitrogens with zero attached hydrogens (tertiary/aromatic N) is 1. The Kier molecular flexibility index (Phi) is 20.2. The average molecular weight is 664 g/mol. The lowest BCUT2D eigenvalue weighted by molar-refractivity contribution is -0.0800. The molecule has 0 aliphatic carbocycles. The van der Waals surface area contributed by atoms with E-state index in [0.717, 1.165) is 13.1 Å². The molecule has 2 aromatic carbocycles. The van der Waals surface area contributed by atoms with Crippen LogP contribution in [-0.2, 0) is 41.5 Å². The van der Waals surface area contributed by atoms with Gasteiger partial charge in [0.2, 0.25) is 0 Å². The zero-order valence-corrected chi connectivity index (χ0v) is 30.6. The van der Waals surface area contributed by atoms with E-state index < -0.39 is 0 Å². The maximum atomic E-state index is 6.41. The van der Waals surface area contributed by atoms with Crippen molar-refractivity contribution in [2.75, 3.05) is 66.1 Å². The van der Waals surface area contributed by atoms with Gasteiger partial charge < -0.3 is 28.4 Å². The van der Waals surface area contributed by atoms with Gasteiger partial charge in [-0.3, -0.25) is 4.90 Å². The normalized spacial score (nSPS) is 13.3. The molecule has 0 aliphatic heterocycles. The molecule has 0 saturated heterocycles. The second-order valence-corrected chi connectivity index (χ2v) is 12.5. The molecule has 2 aromatic rings. The monoisotopic (exact) mass is 663 g/mol. The fourth-order valence-electron chi connectivity index (χ4n) is 5.41. The number of ether oxygens (including phenoxy) is 6. The van der Waals surface area contributed by atoms with Crippen LogP contribution in [0.15, 0.2) is 74.9 Å². The third-order valence-corrected chi connectivity index (χ3v) is 8.47. The number of rotatable bonds is 27. The molecule has 48 heavy (non-hydrogen) atoms. The zero-order valence-electron chi connectivity index (χ0n) is 30.6. The Morgan fingerprint density at radius 3 is 1.17 bits per heavy atom. The van der Waals surface area contributed by atoms with E-state index in [-0.39, 0.29) is 18.2 Å². The van der Waals surface area contributed by atoms with Gasteiger partial charge in [-0.15, -0.1) is 26.3 Å². The maximum Gasteiger partial charge on any atom is 0.105 e. The summed E-state index contributed by atoms with van der Waals surface area (Å²) in [4.78, 5) is 2.47. The summed E-state index contributed by atoms with van der Waals surface area (Å²) in [5, 5.41) is 0. The van der Waals surface area contributed by atoms with Crippen molar-refractivity contribution in [3.8, 4) is 0 Å². The molecule has 7 nitrogen and oxygen atoms in total. The zero-order chi connectivity index (χ0) is 35.3. The van der Waals surface area contributed by atoms with Crippen LogP contribution in [0.3, 0.4) is 0 Å². The van der Waals surface area contributed by atoms with Crippen molar-refractivity contribution >= 4 is 0 Å². The molecule has 0 bridgehead atoms. The van der Waals surface area contributed by atoms with Gasteiger partial charge in [-0.05, 0) is 86.1 Å². The first-order chi connectivity index (χ1) is 23.1. The second kappa shape index (κ2) is 23.5. The molecule has 0 saturated carbocycles. The molecule has 266 valence electrons. The van der Waals surface area contributed by atoms with E-state index in [1.165, 1.54) is 44.5 Å². The van der Waals surface area contributed by atoms with Gasteiger partial charge in [0, 0.05) is 13.1 Å². The highest BCUT2D eigenvalue weighted by molar-refractivity contribution is 5.38. The lowest BCUT2D eigenvalue weighted by atomic mass is 9.98. The van der Waals surface area contributed by atoms with Crippen molar-refractivity contribution in [3.05, 3.63) is 119 Å². The van der Waals surface area contributed by atoms with Crippen LogP contribution in [-0.4, -0.2) is 89.2 Å². The standard InChI is InChI=1S/C41H61NO6/c1-11-15-43-27-40(47-17-13-3)29-45-25-39(26-46-30-41(48-18-14-4)28-44-16-12-2)42(23-37-19-31(5)35(9)32(6)20-37)24-38-21-33(7)36(10)34(8)22-38/h11-14,19-22,39-41H,1-4,15-18,23-30H2,5-10H3. The second-order valence-electron chi connectivity index (χ2n) is 12.5. The fourth-order valence-corrected chi connectivity index (χ4v) is 5.41. The summed E-state index contributed by atoms with van der Waals surface area (Å²) >= 11 is 0. The Bertz CT molecular complexity index is 1130. The van der Waals surface area contributed by atoms with E-state index in [9.17, 15) is 0 Å². The molecular formula is C41H61NO6. The van der Waals surface area contributed by atoms with E-state index in [0.29, 0.717) is 66.1 Å². The topological polar surface area (TPSA) is 58.6 Å². The minimum Gasteiger partial charge on any atom is -0.377 e. The van der Waals surface area contributed by atoms with Gasteiger partial charge >= 0.3 is 0 Å². The molecule has 2 rings (SSSR count). The van der Waals surface area contributed by atoms with E-state index in [1.54, 1.807) is 24.3 Å². The van der Waals surface area contributed by atoms with Gasteiger partial charge in [0.25, 0.3) is 0 Å². The number of hydrogen-bond donors (Lipinski definition) is 0. The molecule has 0 heterocycles. The SMILES string of the molecule is C=CCOCC(COCC(COCC(COCC=C)OCC=C)N(Cc1cc(C)c(C)c(C)c1)Cc1cc(C)c(C)c(C)c1)OCC=C. The Hall–Kier alpha value is -2.88. The van der Waals surface area contributed by atoms with Crippen LogP contribution in [0.1, 0.15) is 44.5 Å². The Morgan fingerprint density at radius 1 is 0.500 bits per heavy atom. The quantitative estimate of drug-likeness (QED) is 0.0726. The summed E-state index contributed by atoms with van der Waals surface area (Å²) in [5.74, 6) is 0. The highest BCUT2D eigenvalue weighted by Gasteiger charge is 2.23. The molecule has 0 spiro atoms. The van der Waals surface area contributed by atoms with Crippen LogP contribution < -0.4 is 0 Å². The van der Waals surface area contributed by atoms with Crippen LogP contribution >= 0.6 is 0 Å².